The summed E-state index contributed by atoms with van der Waals surface area (Å²) in [5.41, 5.74) is 1.37. The minimum Gasteiger partial charge on any atom is -0.348 e. The number of halogens is 1. The van der Waals surface area contributed by atoms with Crippen molar-refractivity contribution in [2.75, 3.05) is 4.90 Å². The Bertz CT molecular complexity index is 496. The zero-order chi connectivity index (χ0) is 11.7. The molecule has 5 heteroatoms. The maximum atomic E-state index is 4.43. The smallest absolute Gasteiger partial charge is 0.146 e. The van der Waals surface area contributed by atoms with Gasteiger partial charge in [0, 0.05) is 18.8 Å². The fourth-order valence-electron chi connectivity index (χ4n) is 1.86. The topological polar surface area (TPSA) is 29.0 Å². The predicted molar refractivity (Wildman–Crippen MR) is 78.3 cm³/mol. The molecule has 88 valence electrons. The monoisotopic (exact) mass is 357 g/mol. The molecular weight excluding hydrogens is 345 g/mol. The van der Waals surface area contributed by atoms with Gasteiger partial charge in [0.2, 0.25) is 0 Å². The molecule has 2 aromatic rings. The van der Waals surface area contributed by atoms with E-state index in [0.29, 0.717) is 6.04 Å². The standard InChI is InChI=1S/C12H12IN3S/c13-11-5-14-8-15-12(11)16(10-1-2-10)6-9-3-4-17-7-9/h3-5,7-8,10H,1-2,6H2. The molecule has 0 aromatic carbocycles. The average molecular weight is 357 g/mol. The highest BCUT2D eigenvalue weighted by Crippen LogP contribution is 2.34. The fourth-order valence-corrected chi connectivity index (χ4v) is 3.13. The lowest BCUT2D eigenvalue weighted by molar-refractivity contribution is 0.773. The van der Waals surface area contributed by atoms with E-state index in [9.17, 15) is 0 Å². The van der Waals surface area contributed by atoms with Crippen molar-refractivity contribution in [2.45, 2.75) is 25.4 Å². The SMILES string of the molecule is Ic1cncnc1N(Cc1ccsc1)C1CC1. The summed E-state index contributed by atoms with van der Waals surface area (Å²) < 4.78 is 1.13. The van der Waals surface area contributed by atoms with Gasteiger partial charge >= 0.3 is 0 Å². The molecule has 2 aromatic heterocycles. The van der Waals surface area contributed by atoms with E-state index in [1.54, 1.807) is 17.7 Å². The first-order valence-corrected chi connectivity index (χ1v) is 7.60. The van der Waals surface area contributed by atoms with Crippen LogP contribution in [0.3, 0.4) is 0 Å². The van der Waals surface area contributed by atoms with E-state index in [-0.39, 0.29) is 0 Å². The number of aromatic nitrogens is 2. The van der Waals surface area contributed by atoms with Crippen LogP contribution in [0.1, 0.15) is 18.4 Å². The summed E-state index contributed by atoms with van der Waals surface area (Å²) in [6, 6.07) is 2.85. The van der Waals surface area contributed by atoms with Crippen molar-refractivity contribution in [1.29, 1.82) is 0 Å². The van der Waals surface area contributed by atoms with Gasteiger partial charge in [-0.1, -0.05) is 0 Å². The van der Waals surface area contributed by atoms with Gasteiger partial charge in [-0.15, -0.1) is 0 Å². The van der Waals surface area contributed by atoms with Gasteiger partial charge in [0.25, 0.3) is 0 Å². The van der Waals surface area contributed by atoms with E-state index in [4.69, 9.17) is 0 Å². The van der Waals surface area contributed by atoms with E-state index in [1.165, 1.54) is 18.4 Å². The molecule has 0 unspecified atom stereocenters. The van der Waals surface area contributed by atoms with Crippen LogP contribution in [-0.4, -0.2) is 16.0 Å². The van der Waals surface area contributed by atoms with Crippen LogP contribution in [0.2, 0.25) is 0 Å². The van der Waals surface area contributed by atoms with E-state index in [1.807, 2.05) is 6.20 Å². The number of thiophene rings is 1. The Hall–Kier alpha value is -0.690. The highest BCUT2D eigenvalue weighted by molar-refractivity contribution is 14.1. The lowest BCUT2D eigenvalue weighted by Crippen LogP contribution is -2.26. The molecule has 0 atom stereocenters. The van der Waals surface area contributed by atoms with Crippen molar-refractivity contribution in [3.8, 4) is 0 Å². The molecule has 0 radical (unpaired) electrons. The number of hydrogen-bond acceptors (Lipinski definition) is 4. The van der Waals surface area contributed by atoms with Crippen LogP contribution in [0.15, 0.2) is 29.4 Å². The van der Waals surface area contributed by atoms with Crippen LogP contribution < -0.4 is 4.90 Å². The Morgan fingerprint density at radius 2 is 2.35 bits per heavy atom. The summed E-state index contributed by atoms with van der Waals surface area (Å²) in [4.78, 5) is 10.9. The maximum Gasteiger partial charge on any atom is 0.146 e. The summed E-state index contributed by atoms with van der Waals surface area (Å²) >= 11 is 4.07. The van der Waals surface area contributed by atoms with Crippen molar-refractivity contribution in [3.63, 3.8) is 0 Å². The van der Waals surface area contributed by atoms with E-state index in [0.717, 1.165) is 15.9 Å². The molecule has 1 aliphatic rings. The summed E-state index contributed by atoms with van der Waals surface area (Å²) in [5.74, 6) is 1.08. The largest absolute Gasteiger partial charge is 0.348 e. The Morgan fingerprint density at radius 1 is 1.47 bits per heavy atom. The van der Waals surface area contributed by atoms with Gasteiger partial charge in [-0.25, -0.2) is 9.97 Å². The van der Waals surface area contributed by atoms with E-state index in [2.05, 4.69) is 54.3 Å². The molecule has 0 N–H and O–H groups in total. The third-order valence-electron chi connectivity index (χ3n) is 2.84. The molecule has 3 rings (SSSR count). The van der Waals surface area contributed by atoms with Crippen molar-refractivity contribution < 1.29 is 0 Å². The minimum atomic E-state index is 0.665. The molecule has 1 saturated carbocycles. The predicted octanol–water partition coefficient (Wildman–Crippen LogP) is 3.31. The van der Waals surface area contributed by atoms with Gasteiger partial charge in [-0.3, -0.25) is 0 Å². The lowest BCUT2D eigenvalue weighted by Gasteiger charge is -2.23. The molecule has 0 amide bonds. The van der Waals surface area contributed by atoms with Crippen LogP contribution in [0.4, 0.5) is 5.82 Å². The van der Waals surface area contributed by atoms with Gasteiger partial charge < -0.3 is 4.90 Å². The quantitative estimate of drug-likeness (QED) is 0.787. The second kappa shape index (κ2) is 4.89. The summed E-state index contributed by atoms with van der Waals surface area (Å²) in [6.07, 6.45) is 6.08. The number of hydrogen-bond donors (Lipinski definition) is 0. The third-order valence-corrected chi connectivity index (χ3v) is 4.33. The van der Waals surface area contributed by atoms with Crippen LogP contribution in [0.5, 0.6) is 0 Å². The molecule has 1 aliphatic carbocycles. The van der Waals surface area contributed by atoms with Crippen LogP contribution in [-0.2, 0) is 6.54 Å². The average Bonchev–Trinajstić information content (AvgIpc) is 3.05. The van der Waals surface area contributed by atoms with Crippen LogP contribution in [0, 0.1) is 3.57 Å². The third kappa shape index (κ3) is 2.60. The summed E-state index contributed by atoms with van der Waals surface area (Å²) in [5, 5.41) is 4.34. The molecule has 1 fully saturated rings. The maximum absolute atomic E-state index is 4.43. The lowest BCUT2D eigenvalue weighted by atomic mass is 10.3. The molecule has 0 saturated heterocycles. The Morgan fingerprint density at radius 3 is 3.00 bits per heavy atom. The highest BCUT2D eigenvalue weighted by atomic mass is 127. The summed E-state index contributed by atoms with van der Waals surface area (Å²) in [7, 11) is 0. The van der Waals surface area contributed by atoms with E-state index >= 15 is 0 Å². The second-order valence-corrected chi connectivity index (χ2v) is 6.13. The molecular formula is C12H12IN3S. The Labute approximate surface area is 118 Å². The highest BCUT2D eigenvalue weighted by Gasteiger charge is 2.31. The normalized spacial score (nSPS) is 14.9. The van der Waals surface area contributed by atoms with Gasteiger partial charge in [-0.05, 0) is 57.8 Å². The zero-order valence-electron chi connectivity index (χ0n) is 9.21. The Kier molecular flexibility index (Phi) is 3.28. The molecule has 0 aliphatic heterocycles. The Balaban J connectivity index is 1.88. The van der Waals surface area contributed by atoms with Crippen molar-refractivity contribution >= 4 is 39.7 Å². The first kappa shape index (κ1) is 11.4. The van der Waals surface area contributed by atoms with Gasteiger partial charge in [0.05, 0.1) is 3.57 Å². The van der Waals surface area contributed by atoms with Crippen LogP contribution in [0.25, 0.3) is 0 Å². The number of rotatable bonds is 4. The number of anilines is 1. The number of nitrogens with zero attached hydrogens (tertiary/aromatic N) is 3. The summed E-state index contributed by atoms with van der Waals surface area (Å²) in [6.45, 7) is 0.960. The molecule has 0 bridgehead atoms. The van der Waals surface area contributed by atoms with Gasteiger partial charge in [0.15, 0.2) is 0 Å². The minimum absolute atomic E-state index is 0.665. The van der Waals surface area contributed by atoms with Crippen molar-refractivity contribution in [3.05, 3.63) is 38.5 Å². The van der Waals surface area contributed by atoms with Crippen LogP contribution >= 0.6 is 33.9 Å². The molecule has 17 heavy (non-hydrogen) atoms. The second-order valence-electron chi connectivity index (χ2n) is 4.18. The van der Waals surface area contributed by atoms with Gasteiger partial charge in [-0.2, -0.15) is 11.3 Å². The van der Waals surface area contributed by atoms with Crippen molar-refractivity contribution in [1.82, 2.24) is 9.97 Å². The first-order valence-electron chi connectivity index (χ1n) is 5.58. The zero-order valence-corrected chi connectivity index (χ0v) is 12.2. The van der Waals surface area contributed by atoms with Crippen molar-refractivity contribution in [2.24, 2.45) is 0 Å². The molecule has 0 spiro atoms. The molecule has 3 nitrogen and oxygen atoms in total. The van der Waals surface area contributed by atoms with E-state index < -0.39 is 0 Å². The van der Waals surface area contributed by atoms with Gasteiger partial charge in [0.1, 0.15) is 12.1 Å². The first-order chi connectivity index (χ1) is 8.34. The fraction of sp³-hybridized carbons (Fsp3) is 0.333. The molecule has 2 heterocycles.